The summed E-state index contributed by atoms with van der Waals surface area (Å²) >= 11 is 0. The van der Waals surface area contributed by atoms with Crippen LogP contribution in [0.2, 0.25) is 0 Å². The predicted molar refractivity (Wildman–Crippen MR) is 192 cm³/mol. The van der Waals surface area contributed by atoms with Gasteiger partial charge in [0.15, 0.2) is 0 Å². The quantitative estimate of drug-likeness (QED) is 0.217. The number of benzene rings is 6. The summed E-state index contributed by atoms with van der Waals surface area (Å²) in [6.07, 6.45) is 2.01. The lowest BCUT2D eigenvalue weighted by Crippen LogP contribution is -2.24. The van der Waals surface area contributed by atoms with E-state index in [1.165, 1.54) is 44.1 Å². The molecule has 6 aromatic carbocycles. The van der Waals surface area contributed by atoms with E-state index >= 15 is 0 Å². The van der Waals surface area contributed by atoms with Gasteiger partial charge in [-0.25, -0.2) is 0 Å². The Morgan fingerprint density at radius 2 is 1.35 bits per heavy atom. The van der Waals surface area contributed by atoms with Gasteiger partial charge in [-0.05, 0) is 62.9 Å². The summed E-state index contributed by atoms with van der Waals surface area (Å²) < 4.78 is 2.49. The molecular weight excluding hydrogens is 558 g/mol. The topological polar surface area (TPSA) is 29.3 Å². The molecular formula is C43H33N3. The number of hydrogen-bond donors (Lipinski definition) is 1. The van der Waals surface area contributed by atoms with E-state index in [0.29, 0.717) is 0 Å². The maximum Gasteiger partial charge on any atom is 0.145 e. The van der Waals surface area contributed by atoms with Crippen molar-refractivity contribution in [3.63, 3.8) is 0 Å². The zero-order valence-corrected chi connectivity index (χ0v) is 25.9. The van der Waals surface area contributed by atoms with E-state index in [9.17, 15) is 0 Å². The lowest BCUT2D eigenvalue weighted by Gasteiger charge is -2.25. The van der Waals surface area contributed by atoms with Crippen molar-refractivity contribution in [1.29, 1.82) is 0 Å². The van der Waals surface area contributed by atoms with Crippen LogP contribution >= 0.6 is 0 Å². The Balaban J connectivity index is 1.20. The molecule has 9 rings (SSSR count). The molecule has 0 fully saturated rings. The van der Waals surface area contributed by atoms with Crippen LogP contribution in [0.15, 0.2) is 157 Å². The fourth-order valence-electron chi connectivity index (χ4n) is 7.61. The lowest BCUT2D eigenvalue weighted by atomic mass is 9.81. The second-order valence-corrected chi connectivity index (χ2v) is 12.9. The molecule has 46 heavy (non-hydrogen) atoms. The molecule has 1 aliphatic heterocycles. The van der Waals surface area contributed by atoms with Crippen LogP contribution in [0.1, 0.15) is 47.8 Å². The van der Waals surface area contributed by atoms with Gasteiger partial charge in [0.1, 0.15) is 6.17 Å². The van der Waals surface area contributed by atoms with Crippen LogP contribution in [-0.2, 0) is 5.41 Å². The van der Waals surface area contributed by atoms with E-state index in [4.69, 9.17) is 4.99 Å². The maximum atomic E-state index is 5.11. The van der Waals surface area contributed by atoms with Gasteiger partial charge in [-0.3, -0.25) is 4.99 Å². The van der Waals surface area contributed by atoms with Crippen LogP contribution in [0.5, 0.6) is 0 Å². The van der Waals surface area contributed by atoms with Gasteiger partial charge < -0.3 is 9.88 Å². The van der Waals surface area contributed by atoms with E-state index in [-0.39, 0.29) is 11.6 Å². The van der Waals surface area contributed by atoms with Gasteiger partial charge in [0.25, 0.3) is 0 Å². The highest BCUT2D eigenvalue weighted by Crippen LogP contribution is 2.54. The first kappa shape index (κ1) is 26.7. The number of aliphatic imine (C=N–C) groups is 1. The minimum Gasteiger partial charge on any atom is -0.360 e. The fourth-order valence-corrected chi connectivity index (χ4v) is 7.61. The molecule has 1 atom stereocenters. The third-order valence-electron chi connectivity index (χ3n) is 9.80. The summed E-state index contributed by atoms with van der Waals surface area (Å²) in [5.41, 5.74) is 13.1. The van der Waals surface area contributed by atoms with Crippen molar-refractivity contribution in [2.24, 2.45) is 4.99 Å². The average molecular weight is 592 g/mol. The number of nitrogens with zero attached hydrogens (tertiary/aromatic N) is 2. The van der Waals surface area contributed by atoms with Crippen LogP contribution in [0.3, 0.4) is 0 Å². The Bertz CT molecular complexity index is 2340. The fraction of sp³-hybridized carbons (Fsp3) is 0.0930. The first-order valence-corrected chi connectivity index (χ1v) is 16.0. The molecule has 3 nitrogen and oxygen atoms in total. The van der Waals surface area contributed by atoms with Crippen molar-refractivity contribution < 1.29 is 0 Å². The molecule has 2 heterocycles. The van der Waals surface area contributed by atoms with Crippen LogP contribution in [0, 0.1) is 0 Å². The minimum atomic E-state index is -0.167. The third kappa shape index (κ3) is 4.02. The van der Waals surface area contributed by atoms with Crippen molar-refractivity contribution >= 4 is 33.1 Å². The van der Waals surface area contributed by atoms with Crippen molar-refractivity contribution in [2.75, 3.05) is 0 Å². The summed E-state index contributed by atoms with van der Waals surface area (Å²) in [7, 11) is 0. The Morgan fingerprint density at radius 1 is 0.652 bits per heavy atom. The number of rotatable bonds is 4. The lowest BCUT2D eigenvalue weighted by molar-refractivity contribution is 0.664. The summed E-state index contributed by atoms with van der Waals surface area (Å²) in [6.45, 7) is 4.76. The molecule has 1 aromatic heterocycles. The molecule has 2 aliphatic rings. The molecule has 0 saturated heterocycles. The van der Waals surface area contributed by atoms with Crippen LogP contribution in [-0.4, -0.2) is 10.3 Å². The Hall–Kier alpha value is -5.67. The van der Waals surface area contributed by atoms with Crippen LogP contribution < -0.4 is 5.32 Å². The van der Waals surface area contributed by atoms with Gasteiger partial charge >= 0.3 is 0 Å². The zero-order chi connectivity index (χ0) is 30.8. The highest BCUT2D eigenvalue weighted by atomic mass is 15.1. The van der Waals surface area contributed by atoms with Gasteiger partial charge in [-0.1, -0.05) is 141 Å². The van der Waals surface area contributed by atoms with Gasteiger partial charge in [0.2, 0.25) is 0 Å². The SMILES string of the molecule is CC1(C)c2ccccc2-c2c1c1c3ccccc3ccc1n2-c1ccc(C2=CC(c3ccccc3)=NC(c3ccccc3)N2)cc1. The number of aromatic nitrogens is 1. The van der Waals surface area contributed by atoms with Crippen LogP contribution in [0.25, 0.3) is 44.3 Å². The van der Waals surface area contributed by atoms with E-state index in [1.807, 2.05) is 12.1 Å². The molecule has 0 bridgehead atoms. The molecule has 1 N–H and O–H groups in total. The van der Waals surface area contributed by atoms with Crippen molar-refractivity contribution in [3.8, 4) is 16.9 Å². The van der Waals surface area contributed by atoms with E-state index in [1.54, 1.807) is 0 Å². The molecule has 1 unspecified atom stereocenters. The van der Waals surface area contributed by atoms with Gasteiger partial charge in [0.05, 0.1) is 16.9 Å². The number of nitrogens with one attached hydrogen (secondary N) is 1. The Labute approximate surface area is 269 Å². The minimum absolute atomic E-state index is 0.115. The maximum absolute atomic E-state index is 5.11. The normalized spacial score (nSPS) is 16.4. The summed E-state index contributed by atoms with van der Waals surface area (Å²) in [6, 6.07) is 52.3. The summed E-state index contributed by atoms with van der Waals surface area (Å²) in [4.78, 5) is 5.11. The monoisotopic (exact) mass is 591 g/mol. The molecule has 0 saturated carbocycles. The molecule has 0 spiro atoms. The predicted octanol–water partition coefficient (Wildman–Crippen LogP) is 10.2. The molecule has 7 aromatic rings. The largest absolute Gasteiger partial charge is 0.360 e. The Kier molecular flexibility index (Phi) is 5.91. The van der Waals surface area contributed by atoms with Gasteiger partial charge in [0, 0.05) is 27.7 Å². The van der Waals surface area contributed by atoms with Gasteiger partial charge in [-0.2, -0.15) is 0 Å². The molecule has 1 aliphatic carbocycles. The standard InChI is InChI=1S/C43H33N3/c1-43(2)35-20-12-11-19-34(35)41-40(43)39-33-18-10-9-13-28(33)23-26-38(39)46(41)32-24-21-30(22-25-32)37-27-36(29-14-5-3-6-15-29)44-42(45-37)31-16-7-4-8-17-31/h3-27,42,45H,1-2H3. The first-order chi connectivity index (χ1) is 22.6. The van der Waals surface area contributed by atoms with Gasteiger partial charge in [-0.15, -0.1) is 0 Å². The average Bonchev–Trinajstić information content (AvgIpc) is 3.59. The number of hydrogen-bond acceptors (Lipinski definition) is 2. The van der Waals surface area contributed by atoms with Crippen molar-refractivity contribution in [1.82, 2.24) is 9.88 Å². The van der Waals surface area contributed by atoms with Crippen molar-refractivity contribution in [2.45, 2.75) is 25.4 Å². The smallest absolute Gasteiger partial charge is 0.145 e. The highest BCUT2D eigenvalue weighted by Gasteiger charge is 2.40. The van der Waals surface area contributed by atoms with E-state index in [0.717, 1.165) is 33.8 Å². The molecule has 0 amide bonds. The second-order valence-electron chi connectivity index (χ2n) is 12.9. The number of allylic oxidation sites excluding steroid dienone is 1. The zero-order valence-electron chi connectivity index (χ0n) is 25.9. The van der Waals surface area contributed by atoms with Crippen molar-refractivity contribution in [3.05, 3.63) is 179 Å². The summed E-state index contributed by atoms with van der Waals surface area (Å²) in [5.74, 6) is 0. The molecule has 3 heteroatoms. The Morgan fingerprint density at radius 3 is 2.15 bits per heavy atom. The van der Waals surface area contributed by atoms with Crippen LogP contribution in [0.4, 0.5) is 0 Å². The summed E-state index contributed by atoms with van der Waals surface area (Å²) in [5, 5.41) is 7.66. The second kappa shape index (κ2) is 10.2. The highest BCUT2D eigenvalue weighted by molar-refractivity contribution is 6.14. The molecule has 0 radical (unpaired) electrons. The third-order valence-corrected chi connectivity index (χ3v) is 9.80. The van der Waals surface area contributed by atoms with E-state index < -0.39 is 0 Å². The number of fused-ring (bicyclic) bond motifs is 7. The first-order valence-electron chi connectivity index (χ1n) is 16.0. The molecule has 220 valence electrons. The van der Waals surface area contributed by atoms with E-state index in [2.05, 4.69) is 163 Å².